The van der Waals surface area contributed by atoms with Crippen molar-refractivity contribution < 1.29 is 9.53 Å². The van der Waals surface area contributed by atoms with Crippen LogP contribution in [0.3, 0.4) is 0 Å². The molecule has 48 heavy (non-hydrogen) atoms. The van der Waals surface area contributed by atoms with Gasteiger partial charge in [-0.1, -0.05) is 118 Å². The molecular formula is C40H96N6O2. The third kappa shape index (κ3) is 71.3. The Kier molecular flexibility index (Phi) is 59.8. The van der Waals surface area contributed by atoms with E-state index in [2.05, 4.69) is 110 Å². The van der Waals surface area contributed by atoms with Crippen LogP contribution in [0.15, 0.2) is 0 Å². The molecule has 0 aromatic heterocycles. The van der Waals surface area contributed by atoms with Crippen LogP contribution in [-0.4, -0.2) is 101 Å². The molecule has 6 N–H and O–H groups in total. The van der Waals surface area contributed by atoms with Gasteiger partial charge in [-0.3, -0.25) is 9.69 Å². The summed E-state index contributed by atoms with van der Waals surface area (Å²) in [5.41, 5.74) is 11.0. The lowest BCUT2D eigenvalue weighted by molar-refractivity contribution is -0.109. The van der Waals surface area contributed by atoms with E-state index in [1.54, 1.807) is 0 Å². The van der Waals surface area contributed by atoms with E-state index >= 15 is 0 Å². The molecule has 0 unspecified atom stereocenters. The summed E-state index contributed by atoms with van der Waals surface area (Å²) in [7, 11) is 1.99. The SMILES string of the molecule is CC.CC.CC(C)C.CC(C)CN.CC(C)CN1CCC(N)CC1.CC(C)CN1CCOCC1.CC(C)CNC=O.CNCCC(C)C. The van der Waals surface area contributed by atoms with Gasteiger partial charge in [-0.15, -0.1) is 0 Å². The molecule has 0 atom stereocenters. The Morgan fingerprint density at radius 1 is 0.688 bits per heavy atom. The second-order valence-electron chi connectivity index (χ2n) is 14.9. The van der Waals surface area contributed by atoms with Crippen LogP contribution in [-0.2, 0) is 9.53 Å². The summed E-state index contributed by atoms with van der Waals surface area (Å²) >= 11 is 0. The lowest BCUT2D eigenvalue weighted by Gasteiger charge is -2.31. The molecular weight excluding hydrogens is 596 g/mol. The number of nitrogens with zero attached hydrogens (tertiary/aromatic N) is 2. The highest BCUT2D eigenvalue weighted by Gasteiger charge is 2.16. The van der Waals surface area contributed by atoms with Crippen molar-refractivity contribution in [2.75, 3.05) is 79.2 Å². The van der Waals surface area contributed by atoms with Crippen molar-refractivity contribution in [1.82, 2.24) is 20.4 Å². The number of carbonyl (C=O) groups excluding carboxylic acids is 1. The van der Waals surface area contributed by atoms with Gasteiger partial charge in [-0.2, -0.15) is 0 Å². The third-order valence-corrected chi connectivity index (χ3v) is 6.04. The van der Waals surface area contributed by atoms with Crippen LogP contribution in [0.1, 0.15) is 137 Å². The number of likely N-dealkylation sites (tertiary alicyclic amines) is 1. The Hall–Kier alpha value is -0.770. The molecule has 0 aromatic rings. The predicted molar refractivity (Wildman–Crippen MR) is 220 cm³/mol. The van der Waals surface area contributed by atoms with Crippen LogP contribution < -0.4 is 22.1 Å². The molecule has 2 aliphatic heterocycles. The Balaban J connectivity index is -0.000000111. The second kappa shape index (κ2) is 48.3. The largest absolute Gasteiger partial charge is 0.379 e. The number of carbonyl (C=O) groups is 1. The van der Waals surface area contributed by atoms with E-state index < -0.39 is 0 Å². The monoisotopic (exact) mass is 693 g/mol. The fourth-order valence-electron chi connectivity index (χ4n) is 3.67. The second-order valence-corrected chi connectivity index (χ2v) is 14.9. The minimum atomic E-state index is 0.471. The molecule has 0 bridgehead atoms. The lowest BCUT2D eigenvalue weighted by Crippen LogP contribution is -2.41. The van der Waals surface area contributed by atoms with Crippen molar-refractivity contribution >= 4 is 6.41 Å². The molecule has 298 valence electrons. The Labute approximate surface area is 305 Å². The van der Waals surface area contributed by atoms with Gasteiger partial charge in [0.25, 0.3) is 0 Å². The number of amides is 1. The van der Waals surface area contributed by atoms with Gasteiger partial charge in [0.05, 0.1) is 13.2 Å². The van der Waals surface area contributed by atoms with Gasteiger partial charge in [0.1, 0.15) is 0 Å². The summed E-state index contributed by atoms with van der Waals surface area (Å²) in [5.74, 6) is 4.48. The highest BCUT2D eigenvalue weighted by Crippen LogP contribution is 2.09. The molecule has 8 nitrogen and oxygen atoms in total. The van der Waals surface area contributed by atoms with Gasteiger partial charge in [0, 0.05) is 38.8 Å². The lowest BCUT2D eigenvalue weighted by atomic mass is 10.0. The summed E-state index contributed by atoms with van der Waals surface area (Å²) in [6.45, 7) is 48.0. The van der Waals surface area contributed by atoms with E-state index in [1.165, 1.54) is 45.4 Å². The summed E-state index contributed by atoms with van der Waals surface area (Å²) in [4.78, 5) is 14.6. The molecule has 0 saturated carbocycles. The van der Waals surface area contributed by atoms with Crippen LogP contribution in [0.5, 0.6) is 0 Å². The van der Waals surface area contributed by atoms with E-state index in [9.17, 15) is 4.79 Å². The van der Waals surface area contributed by atoms with Gasteiger partial charge in [0.15, 0.2) is 0 Å². The minimum Gasteiger partial charge on any atom is -0.379 e. The molecule has 0 spiro atoms. The Bertz CT molecular complexity index is 529. The van der Waals surface area contributed by atoms with Crippen molar-refractivity contribution in [2.45, 2.75) is 143 Å². The van der Waals surface area contributed by atoms with Crippen molar-refractivity contribution in [2.24, 2.45) is 47.0 Å². The number of piperidine rings is 1. The maximum atomic E-state index is 9.60. The molecule has 8 heteroatoms. The van der Waals surface area contributed by atoms with E-state index in [4.69, 9.17) is 16.2 Å². The van der Waals surface area contributed by atoms with Gasteiger partial charge in [-0.05, 0) is 88.0 Å². The molecule has 2 heterocycles. The predicted octanol–water partition coefficient (Wildman–Crippen LogP) is 8.00. The first kappa shape index (κ1) is 59.4. The molecule has 1 amide bonds. The first-order chi connectivity index (χ1) is 22.5. The van der Waals surface area contributed by atoms with Crippen LogP contribution in [0.25, 0.3) is 0 Å². The van der Waals surface area contributed by atoms with Gasteiger partial charge < -0.3 is 31.7 Å². The van der Waals surface area contributed by atoms with Gasteiger partial charge in [-0.25, -0.2) is 0 Å². The van der Waals surface area contributed by atoms with Crippen LogP contribution >= 0.6 is 0 Å². The summed E-state index contributed by atoms with van der Waals surface area (Å²) in [6.07, 6.45) is 4.38. The molecule has 0 aromatic carbocycles. The van der Waals surface area contributed by atoms with Gasteiger partial charge in [0.2, 0.25) is 6.41 Å². The molecule has 0 aliphatic carbocycles. The Morgan fingerprint density at radius 2 is 1.06 bits per heavy atom. The van der Waals surface area contributed by atoms with Gasteiger partial charge >= 0.3 is 0 Å². The van der Waals surface area contributed by atoms with Crippen LogP contribution in [0.2, 0.25) is 0 Å². The van der Waals surface area contributed by atoms with E-state index in [1.807, 2.05) is 34.7 Å². The summed E-state index contributed by atoms with van der Waals surface area (Å²) < 4.78 is 5.24. The van der Waals surface area contributed by atoms with Crippen molar-refractivity contribution in [1.29, 1.82) is 0 Å². The maximum Gasteiger partial charge on any atom is 0.207 e. The van der Waals surface area contributed by atoms with Crippen molar-refractivity contribution in [3.63, 3.8) is 0 Å². The number of morpholine rings is 1. The third-order valence-electron chi connectivity index (χ3n) is 6.04. The number of hydrogen-bond acceptors (Lipinski definition) is 7. The highest BCUT2D eigenvalue weighted by atomic mass is 16.5. The fourth-order valence-corrected chi connectivity index (χ4v) is 3.67. The standard InChI is InChI=1S/C9H20N2.C8H17NO.C6H15N.C5H11NO.C4H11N.C4H10.2C2H6/c1-8(2)7-11-5-3-9(10)4-6-11;1-8(2)7-9-3-5-10-6-4-9;1-6(2)4-5-7-3;1-5(2)3-6-4-7;1-4(2)3-5;1-4(2)3;2*1-2/h8-9H,3-7,10H2,1-2H3;8H,3-7H2,1-2H3;6-7H,4-5H2,1-3H3;4-5H,3H2,1-2H3,(H,6,7);4H,3,5H2,1-2H3;4H,1-3H3;2*1-2H3. The van der Waals surface area contributed by atoms with E-state index in [0.29, 0.717) is 17.9 Å². The highest BCUT2D eigenvalue weighted by molar-refractivity contribution is 5.45. The number of nitrogens with two attached hydrogens (primary N) is 2. The molecule has 2 aliphatic rings. The number of ether oxygens (including phenoxy) is 1. The van der Waals surface area contributed by atoms with E-state index in [0.717, 1.165) is 76.0 Å². The minimum absolute atomic E-state index is 0.471. The number of nitrogens with one attached hydrogen (secondary N) is 2. The van der Waals surface area contributed by atoms with Crippen molar-refractivity contribution in [3.05, 3.63) is 0 Å². The zero-order chi connectivity index (χ0) is 38.9. The molecule has 2 rings (SSSR count). The quantitative estimate of drug-likeness (QED) is 0.163. The van der Waals surface area contributed by atoms with Crippen molar-refractivity contribution in [3.8, 4) is 0 Å². The number of hydrogen-bond donors (Lipinski definition) is 4. The first-order valence-corrected chi connectivity index (χ1v) is 19.8. The maximum absolute atomic E-state index is 9.60. The van der Waals surface area contributed by atoms with Crippen LogP contribution in [0, 0.1) is 35.5 Å². The molecule has 0 radical (unpaired) electrons. The normalized spacial score (nSPS) is 14.6. The average molecular weight is 693 g/mol. The smallest absolute Gasteiger partial charge is 0.207 e. The topological polar surface area (TPSA) is 109 Å². The zero-order valence-electron chi connectivity index (χ0n) is 36.4. The molecule has 2 saturated heterocycles. The van der Waals surface area contributed by atoms with Crippen LogP contribution in [0.4, 0.5) is 0 Å². The molecule has 2 fully saturated rings. The van der Waals surface area contributed by atoms with E-state index in [-0.39, 0.29) is 0 Å². The summed E-state index contributed by atoms with van der Waals surface area (Å²) in [6, 6.07) is 0.471. The fraction of sp³-hybridized carbons (Fsp3) is 0.975. The first-order valence-electron chi connectivity index (χ1n) is 19.8. The summed E-state index contributed by atoms with van der Waals surface area (Å²) in [5, 5.41) is 5.67. The Morgan fingerprint density at radius 3 is 1.29 bits per heavy atom. The zero-order valence-corrected chi connectivity index (χ0v) is 36.4. The average Bonchev–Trinajstić information content (AvgIpc) is 3.03. The number of rotatable bonds is 11.